The molecule has 0 aromatic heterocycles. The van der Waals surface area contributed by atoms with Gasteiger partial charge in [-0.05, 0) is 18.9 Å². The Morgan fingerprint density at radius 3 is 2.60 bits per heavy atom. The standard InChI is InChI=1S/C10H10ClFO3/c1-15-9-6(12)4-5(8(13)7(9)11)10(14)2-3-10/h4,13-14H,2-3H2,1H3. The maximum absolute atomic E-state index is 13.4. The minimum Gasteiger partial charge on any atom is -0.506 e. The highest BCUT2D eigenvalue weighted by molar-refractivity contribution is 6.33. The van der Waals surface area contributed by atoms with Crippen LogP contribution in [0.5, 0.6) is 11.5 Å². The largest absolute Gasteiger partial charge is 0.506 e. The molecule has 1 saturated carbocycles. The van der Waals surface area contributed by atoms with Crippen LogP contribution in [0.2, 0.25) is 5.02 Å². The van der Waals surface area contributed by atoms with Gasteiger partial charge in [0.1, 0.15) is 10.8 Å². The highest BCUT2D eigenvalue weighted by Gasteiger charge is 2.45. The molecule has 5 heteroatoms. The number of phenols is 1. The molecule has 1 aliphatic rings. The number of hydrogen-bond acceptors (Lipinski definition) is 3. The second kappa shape index (κ2) is 3.25. The molecule has 0 saturated heterocycles. The lowest BCUT2D eigenvalue weighted by molar-refractivity contribution is 0.147. The van der Waals surface area contributed by atoms with E-state index in [4.69, 9.17) is 16.3 Å². The zero-order valence-electron chi connectivity index (χ0n) is 8.05. The Morgan fingerprint density at radius 2 is 2.13 bits per heavy atom. The number of phenolic OH excluding ortho intramolecular Hbond substituents is 1. The van der Waals surface area contributed by atoms with Gasteiger partial charge in [-0.15, -0.1) is 0 Å². The van der Waals surface area contributed by atoms with E-state index < -0.39 is 11.4 Å². The zero-order valence-corrected chi connectivity index (χ0v) is 8.81. The summed E-state index contributed by atoms with van der Waals surface area (Å²) in [5, 5.41) is 19.2. The minimum atomic E-state index is -1.12. The molecule has 0 radical (unpaired) electrons. The van der Waals surface area contributed by atoms with Gasteiger partial charge in [0.15, 0.2) is 11.6 Å². The predicted molar refractivity (Wildman–Crippen MR) is 52.8 cm³/mol. The molecule has 1 aliphatic carbocycles. The average Bonchev–Trinajstić information content (AvgIpc) is 2.92. The van der Waals surface area contributed by atoms with Gasteiger partial charge in [-0.3, -0.25) is 0 Å². The molecular weight excluding hydrogens is 223 g/mol. The van der Waals surface area contributed by atoms with Crippen molar-refractivity contribution in [3.05, 3.63) is 22.5 Å². The fourth-order valence-electron chi connectivity index (χ4n) is 1.52. The number of hydrogen-bond donors (Lipinski definition) is 2. The Bertz CT molecular complexity index is 416. The number of benzene rings is 1. The number of rotatable bonds is 2. The molecule has 2 N–H and O–H groups in total. The Hall–Kier alpha value is -1.00. The van der Waals surface area contributed by atoms with Crippen LogP contribution in [0.1, 0.15) is 18.4 Å². The van der Waals surface area contributed by atoms with Crippen LogP contribution in [0.3, 0.4) is 0 Å². The monoisotopic (exact) mass is 232 g/mol. The molecule has 0 amide bonds. The molecule has 15 heavy (non-hydrogen) atoms. The summed E-state index contributed by atoms with van der Waals surface area (Å²) in [5.41, 5.74) is -0.994. The normalized spacial score (nSPS) is 17.6. The van der Waals surface area contributed by atoms with Crippen molar-refractivity contribution in [2.75, 3.05) is 7.11 Å². The summed E-state index contributed by atoms with van der Waals surface area (Å²) < 4.78 is 18.1. The van der Waals surface area contributed by atoms with Crippen molar-refractivity contribution in [2.45, 2.75) is 18.4 Å². The molecule has 1 aromatic carbocycles. The fourth-order valence-corrected chi connectivity index (χ4v) is 1.79. The van der Waals surface area contributed by atoms with Gasteiger partial charge in [-0.1, -0.05) is 11.6 Å². The quantitative estimate of drug-likeness (QED) is 0.822. The van der Waals surface area contributed by atoms with Crippen molar-refractivity contribution in [2.24, 2.45) is 0 Å². The highest BCUT2D eigenvalue weighted by atomic mass is 35.5. The van der Waals surface area contributed by atoms with Crippen molar-refractivity contribution < 1.29 is 19.3 Å². The summed E-state index contributed by atoms with van der Waals surface area (Å²) in [6.45, 7) is 0. The first kappa shape index (κ1) is 10.5. The maximum Gasteiger partial charge on any atom is 0.176 e. The summed E-state index contributed by atoms with van der Waals surface area (Å²) in [7, 11) is 1.26. The molecule has 0 spiro atoms. The SMILES string of the molecule is COc1c(F)cc(C2(O)CC2)c(O)c1Cl. The zero-order chi connectivity index (χ0) is 11.2. The summed E-state index contributed by atoms with van der Waals surface area (Å²) in [4.78, 5) is 0. The molecule has 0 heterocycles. The fraction of sp³-hybridized carbons (Fsp3) is 0.400. The Morgan fingerprint density at radius 1 is 1.53 bits per heavy atom. The van der Waals surface area contributed by atoms with Crippen molar-refractivity contribution >= 4 is 11.6 Å². The van der Waals surface area contributed by atoms with Crippen LogP contribution in [0.25, 0.3) is 0 Å². The molecule has 0 unspecified atom stereocenters. The molecule has 1 fully saturated rings. The number of ether oxygens (including phenoxy) is 1. The van der Waals surface area contributed by atoms with Gasteiger partial charge in [-0.2, -0.15) is 0 Å². The molecule has 0 atom stereocenters. The van der Waals surface area contributed by atoms with Crippen LogP contribution in [-0.2, 0) is 5.60 Å². The number of aromatic hydroxyl groups is 1. The third-order valence-electron chi connectivity index (χ3n) is 2.58. The number of aliphatic hydroxyl groups is 1. The van der Waals surface area contributed by atoms with E-state index >= 15 is 0 Å². The smallest absolute Gasteiger partial charge is 0.176 e. The Balaban J connectivity index is 2.59. The van der Waals surface area contributed by atoms with Crippen LogP contribution < -0.4 is 4.74 Å². The lowest BCUT2D eigenvalue weighted by Crippen LogP contribution is -2.06. The van der Waals surface area contributed by atoms with Gasteiger partial charge in [-0.25, -0.2) is 4.39 Å². The maximum atomic E-state index is 13.4. The second-order valence-corrected chi connectivity index (χ2v) is 4.01. The molecule has 0 bridgehead atoms. The van der Waals surface area contributed by atoms with E-state index in [9.17, 15) is 14.6 Å². The van der Waals surface area contributed by atoms with Gasteiger partial charge >= 0.3 is 0 Å². The first-order valence-corrected chi connectivity index (χ1v) is 4.85. The first-order chi connectivity index (χ1) is 6.99. The summed E-state index contributed by atoms with van der Waals surface area (Å²) in [5.74, 6) is -1.20. The lowest BCUT2D eigenvalue weighted by atomic mass is 10.1. The molecule has 0 aliphatic heterocycles. The molecular formula is C10H10ClFO3. The molecule has 82 valence electrons. The van der Waals surface area contributed by atoms with E-state index in [1.165, 1.54) is 7.11 Å². The lowest BCUT2D eigenvalue weighted by Gasteiger charge is -2.14. The van der Waals surface area contributed by atoms with Crippen LogP contribution in [-0.4, -0.2) is 17.3 Å². The summed E-state index contributed by atoms with van der Waals surface area (Å²) in [6.07, 6.45) is 1.01. The third kappa shape index (κ3) is 1.54. The van der Waals surface area contributed by atoms with Crippen LogP contribution >= 0.6 is 11.6 Å². The van der Waals surface area contributed by atoms with Gasteiger partial charge in [0.2, 0.25) is 0 Å². The molecule has 1 aromatic rings. The molecule has 3 nitrogen and oxygen atoms in total. The summed E-state index contributed by atoms with van der Waals surface area (Å²) >= 11 is 5.71. The predicted octanol–water partition coefficient (Wildman–Crippen LogP) is 2.17. The van der Waals surface area contributed by atoms with E-state index in [0.717, 1.165) is 6.07 Å². The van der Waals surface area contributed by atoms with E-state index in [-0.39, 0.29) is 22.1 Å². The van der Waals surface area contributed by atoms with Gasteiger partial charge in [0, 0.05) is 5.56 Å². The Kier molecular flexibility index (Phi) is 2.28. The van der Waals surface area contributed by atoms with Crippen LogP contribution in [0.15, 0.2) is 6.07 Å². The highest BCUT2D eigenvalue weighted by Crippen LogP contribution is 2.52. The van der Waals surface area contributed by atoms with E-state index in [0.29, 0.717) is 12.8 Å². The topological polar surface area (TPSA) is 49.7 Å². The first-order valence-electron chi connectivity index (χ1n) is 4.47. The van der Waals surface area contributed by atoms with Gasteiger partial charge in [0.25, 0.3) is 0 Å². The van der Waals surface area contributed by atoms with Crippen LogP contribution in [0, 0.1) is 5.82 Å². The van der Waals surface area contributed by atoms with E-state index in [1.807, 2.05) is 0 Å². The number of halogens is 2. The van der Waals surface area contributed by atoms with Crippen molar-refractivity contribution in [3.63, 3.8) is 0 Å². The van der Waals surface area contributed by atoms with Gasteiger partial charge < -0.3 is 14.9 Å². The average molecular weight is 233 g/mol. The Labute approximate surface area is 91.1 Å². The van der Waals surface area contributed by atoms with Crippen molar-refractivity contribution in [1.82, 2.24) is 0 Å². The van der Waals surface area contributed by atoms with Crippen molar-refractivity contribution in [1.29, 1.82) is 0 Å². The third-order valence-corrected chi connectivity index (χ3v) is 2.93. The van der Waals surface area contributed by atoms with E-state index in [2.05, 4.69) is 0 Å². The van der Waals surface area contributed by atoms with Crippen molar-refractivity contribution in [3.8, 4) is 11.5 Å². The van der Waals surface area contributed by atoms with Gasteiger partial charge in [0.05, 0.1) is 12.7 Å². The molecule has 2 rings (SSSR count). The minimum absolute atomic E-state index is 0.130. The second-order valence-electron chi connectivity index (χ2n) is 3.63. The van der Waals surface area contributed by atoms with Crippen LogP contribution in [0.4, 0.5) is 4.39 Å². The number of methoxy groups -OCH3 is 1. The summed E-state index contributed by atoms with van der Waals surface area (Å²) in [6, 6.07) is 1.06. The van der Waals surface area contributed by atoms with E-state index in [1.54, 1.807) is 0 Å².